The maximum atomic E-state index is 5.55. The van der Waals surface area contributed by atoms with E-state index in [9.17, 15) is 0 Å². The molecule has 0 aromatic heterocycles. The lowest BCUT2D eigenvalue weighted by Crippen LogP contribution is -2.10. The van der Waals surface area contributed by atoms with Crippen molar-refractivity contribution in [3.8, 4) is 0 Å². The van der Waals surface area contributed by atoms with E-state index < -0.39 is 0 Å². The van der Waals surface area contributed by atoms with E-state index in [0.717, 1.165) is 12.5 Å². The van der Waals surface area contributed by atoms with E-state index in [1.54, 1.807) is 0 Å². The van der Waals surface area contributed by atoms with E-state index in [1.807, 2.05) is 0 Å². The normalized spacial score (nSPS) is 13.2. The second-order valence-corrected chi connectivity index (χ2v) is 4.25. The molecule has 0 aromatic carbocycles. The Morgan fingerprint density at radius 3 is 2.00 bits per heavy atom. The third kappa shape index (κ3) is 9.88. The summed E-state index contributed by atoms with van der Waals surface area (Å²) in [5.41, 5.74) is 5.55. The predicted molar refractivity (Wildman–Crippen MR) is 60.8 cm³/mol. The fourth-order valence-corrected chi connectivity index (χ4v) is 1.57. The maximum absolute atomic E-state index is 5.55. The molecule has 0 spiro atoms. The van der Waals surface area contributed by atoms with Gasteiger partial charge in [-0.2, -0.15) is 0 Å². The Morgan fingerprint density at radius 1 is 0.923 bits per heavy atom. The number of nitrogens with two attached hydrogens (primary N) is 1. The largest absolute Gasteiger partial charge is 0.330 e. The minimum atomic E-state index is 0.732. The van der Waals surface area contributed by atoms with Crippen LogP contribution in [0.2, 0.25) is 0 Å². The van der Waals surface area contributed by atoms with Gasteiger partial charge >= 0.3 is 0 Å². The molecule has 0 heterocycles. The molecular formula is C12H27N. The Labute approximate surface area is 84.1 Å². The molecule has 0 saturated carbocycles. The van der Waals surface area contributed by atoms with Gasteiger partial charge in [-0.3, -0.25) is 0 Å². The first-order valence-corrected chi connectivity index (χ1v) is 6.01. The van der Waals surface area contributed by atoms with Gasteiger partial charge in [0.2, 0.25) is 0 Å². The summed E-state index contributed by atoms with van der Waals surface area (Å²) in [5.74, 6) is 0.732. The second-order valence-electron chi connectivity index (χ2n) is 4.25. The smallest absolute Gasteiger partial charge is 0.00515 e. The molecule has 1 atom stereocenters. The average molecular weight is 185 g/mol. The summed E-state index contributed by atoms with van der Waals surface area (Å²) >= 11 is 0. The van der Waals surface area contributed by atoms with Crippen LogP contribution in [-0.4, -0.2) is 6.54 Å². The summed E-state index contributed by atoms with van der Waals surface area (Å²) in [5, 5.41) is 0. The van der Waals surface area contributed by atoms with Gasteiger partial charge < -0.3 is 5.73 Å². The highest BCUT2D eigenvalue weighted by atomic mass is 14.5. The van der Waals surface area contributed by atoms with Crippen molar-refractivity contribution in [3.63, 3.8) is 0 Å². The maximum Gasteiger partial charge on any atom is -0.00515 e. The Kier molecular flexibility index (Phi) is 10.0. The van der Waals surface area contributed by atoms with E-state index >= 15 is 0 Å². The van der Waals surface area contributed by atoms with Crippen molar-refractivity contribution in [1.82, 2.24) is 0 Å². The third-order valence-electron chi connectivity index (χ3n) is 2.70. The number of hydrogen-bond acceptors (Lipinski definition) is 1. The minimum Gasteiger partial charge on any atom is -0.330 e. The van der Waals surface area contributed by atoms with Crippen LogP contribution in [0.3, 0.4) is 0 Å². The zero-order valence-electron chi connectivity index (χ0n) is 9.52. The van der Waals surface area contributed by atoms with Crippen LogP contribution in [0.1, 0.15) is 65.2 Å². The molecule has 1 nitrogen and oxygen atoms in total. The molecular weight excluding hydrogens is 158 g/mol. The molecule has 0 saturated heterocycles. The molecule has 0 aliphatic rings. The monoisotopic (exact) mass is 185 g/mol. The molecule has 13 heavy (non-hydrogen) atoms. The zero-order valence-corrected chi connectivity index (χ0v) is 9.52. The SMILES string of the molecule is CCCCCCCCCC(C)CN. The number of unbranched alkanes of at least 4 members (excludes halogenated alkanes) is 6. The molecule has 0 fully saturated rings. The summed E-state index contributed by atoms with van der Waals surface area (Å²) in [6.45, 7) is 5.37. The highest BCUT2D eigenvalue weighted by Crippen LogP contribution is 2.11. The highest BCUT2D eigenvalue weighted by Gasteiger charge is 1.97. The van der Waals surface area contributed by atoms with Crippen LogP contribution in [0.15, 0.2) is 0 Å². The fraction of sp³-hybridized carbons (Fsp3) is 1.00. The Hall–Kier alpha value is -0.0400. The number of rotatable bonds is 9. The van der Waals surface area contributed by atoms with Gasteiger partial charge in [-0.15, -0.1) is 0 Å². The summed E-state index contributed by atoms with van der Waals surface area (Å²) in [6, 6.07) is 0. The molecule has 0 aliphatic carbocycles. The van der Waals surface area contributed by atoms with Gasteiger partial charge in [0.15, 0.2) is 0 Å². The summed E-state index contributed by atoms with van der Waals surface area (Å²) in [4.78, 5) is 0. The van der Waals surface area contributed by atoms with Gasteiger partial charge in [0.25, 0.3) is 0 Å². The Bertz CT molecular complexity index is 91.1. The van der Waals surface area contributed by atoms with Crippen LogP contribution in [0.25, 0.3) is 0 Å². The van der Waals surface area contributed by atoms with Crippen molar-refractivity contribution >= 4 is 0 Å². The lowest BCUT2D eigenvalue weighted by molar-refractivity contribution is 0.489. The molecule has 80 valence electrons. The van der Waals surface area contributed by atoms with Crippen molar-refractivity contribution in [1.29, 1.82) is 0 Å². The zero-order chi connectivity index (χ0) is 9.94. The van der Waals surface area contributed by atoms with E-state index in [1.165, 1.54) is 51.4 Å². The molecule has 0 radical (unpaired) electrons. The van der Waals surface area contributed by atoms with Gasteiger partial charge in [-0.1, -0.05) is 58.8 Å². The van der Waals surface area contributed by atoms with Gasteiger partial charge in [0.05, 0.1) is 0 Å². The third-order valence-corrected chi connectivity index (χ3v) is 2.70. The minimum absolute atomic E-state index is 0.732. The van der Waals surface area contributed by atoms with Crippen LogP contribution >= 0.6 is 0 Å². The molecule has 0 amide bonds. The van der Waals surface area contributed by atoms with Gasteiger partial charge in [-0.25, -0.2) is 0 Å². The van der Waals surface area contributed by atoms with E-state index in [-0.39, 0.29) is 0 Å². The summed E-state index contributed by atoms with van der Waals surface area (Å²) in [6.07, 6.45) is 11.2. The van der Waals surface area contributed by atoms with Crippen molar-refractivity contribution in [2.75, 3.05) is 6.54 Å². The van der Waals surface area contributed by atoms with Gasteiger partial charge in [0.1, 0.15) is 0 Å². The van der Waals surface area contributed by atoms with Crippen molar-refractivity contribution in [2.24, 2.45) is 11.7 Å². The standard InChI is InChI=1S/C12H27N/c1-3-4-5-6-7-8-9-10-12(2)11-13/h12H,3-11,13H2,1-2H3. The van der Waals surface area contributed by atoms with E-state index in [0.29, 0.717) is 0 Å². The van der Waals surface area contributed by atoms with Crippen LogP contribution < -0.4 is 5.73 Å². The molecule has 0 aromatic rings. The van der Waals surface area contributed by atoms with Crippen molar-refractivity contribution < 1.29 is 0 Å². The van der Waals surface area contributed by atoms with Gasteiger partial charge in [0, 0.05) is 0 Å². The lowest BCUT2D eigenvalue weighted by atomic mass is 10.0. The predicted octanol–water partition coefficient (Wildman–Crippen LogP) is 3.72. The quantitative estimate of drug-likeness (QED) is 0.544. The molecule has 2 N–H and O–H groups in total. The summed E-state index contributed by atoms with van der Waals surface area (Å²) < 4.78 is 0. The first-order valence-electron chi connectivity index (χ1n) is 6.01. The molecule has 1 unspecified atom stereocenters. The molecule has 0 bridgehead atoms. The van der Waals surface area contributed by atoms with Crippen LogP contribution in [0.5, 0.6) is 0 Å². The molecule has 1 heteroatoms. The fourth-order valence-electron chi connectivity index (χ4n) is 1.57. The Balaban J connectivity index is 2.91. The van der Waals surface area contributed by atoms with E-state index in [2.05, 4.69) is 13.8 Å². The van der Waals surface area contributed by atoms with Crippen LogP contribution in [0.4, 0.5) is 0 Å². The van der Waals surface area contributed by atoms with Crippen LogP contribution in [0, 0.1) is 5.92 Å². The van der Waals surface area contributed by atoms with Crippen LogP contribution in [-0.2, 0) is 0 Å². The second kappa shape index (κ2) is 10.0. The number of hydrogen-bond donors (Lipinski definition) is 1. The topological polar surface area (TPSA) is 26.0 Å². The summed E-state index contributed by atoms with van der Waals surface area (Å²) in [7, 11) is 0. The van der Waals surface area contributed by atoms with Crippen molar-refractivity contribution in [2.45, 2.75) is 65.2 Å². The molecule has 0 aliphatic heterocycles. The highest BCUT2D eigenvalue weighted by molar-refractivity contribution is 4.53. The molecule has 0 rings (SSSR count). The van der Waals surface area contributed by atoms with E-state index in [4.69, 9.17) is 5.73 Å². The first kappa shape index (κ1) is 13.0. The van der Waals surface area contributed by atoms with Gasteiger partial charge in [-0.05, 0) is 18.9 Å². The first-order chi connectivity index (χ1) is 6.31. The Morgan fingerprint density at radius 2 is 1.46 bits per heavy atom. The lowest BCUT2D eigenvalue weighted by Gasteiger charge is -2.07. The average Bonchev–Trinajstić information content (AvgIpc) is 2.16. The van der Waals surface area contributed by atoms with Crippen molar-refractivity contribution in [3.05, 3.63) is 0 Å².